The van der Waals surface area contributed by atoms with E-state index < -0.39 is 0 Å². The Kier molecular flexibility index (Phi) is 6.20. The van der Waals surface area contributed by atoms with Crippen LogP contribution < -0.4 is 10.6 Å². The maximum atomic E-state index is 5.24. The van der Waals surface area contributed by atoms with Crippen LogP contribution in [0.1, 0.15) is 0 Å². The van der Waals surface area contributed by atoms with Crippen molar-refractivity contribution in [2.75, 3.05) is 16.4 Å². The molecule has 0 atom stereocenters. The lowest BCUT2D eigenvalue weighted by atomic mass is 10.3. The van der Waals surface area contributed by atoms with Crippen molar-refractivity contribution in [1.29, 1.82) is 0 Å². The lowest BCUT2D eigenvalue weighted by Gasteiger charge is -2.07. The highest BCUT2D eigenvalue weighted by Crippen LogP contribution is 2.20. The summed E-state index contributed by atoms with van der Waals surface area (Å²) in [7, 11) is 0. The molecule has 4 nitrogen and oxygen atoms in total. The minimum atomic E-state index is 0.502. The fourth-order valence-electron chi connectivity index (χ4n) is 1.25. The zero-order valence-electron chi connectivity index (χ0n) is 10.3. The van der Waals surface area contributed by atoms with Crippen LogP contribution in [0.2, 0.25) is 0 Å². The first-order valence-corrected chi connectivity index (χ1v) is 8.83. The van der Waals surface area contributed by atoms with Crippen molar-refractivity contribution in [2.24, 2.45) is 0 Å². The molecule has 1 heterocycles. The summed E-state index contributed by atoms with van der Waals surface area (Å²) in [6.45, 7) is 3.66. The summed E-state index contributed by atoms with van der Waals surface area (Å²) in [5, 5.41) is 8.04. The summed E-state index contributed by atoms with van der Waals surface area (Å²) < 4.78 is 5.40. The number of rotatable bonds is 5. The highest BCUT2D eigenvalue weighted by atomic mass is 127. The zero-order chi connectivity index (χ0) is 14.4. The van der Waals surface area contributed by atoms with E-state index in [2.05, 4.69) is 49.2 Å². The molecule has 20 heavy (non-hydrogen) atoms. The standard InChI is InChI=1S/C12H11IN4S3/c1-2-7-19-12-16-11(20-17-12)15-10(18)14-9-5-3-8(13)4-6-9/h2-6H,1,7H2,(H2,14,15,16,17,18). The molecular formula is C12H11IN4S3. The average Bonchev–Trinajstić information content (AvgIpc) is 2.86. The van der Waals surface area contributed by atoms with Crippen molar-refractivity contribution < 1.29 is 0 Å². The van der Waals surface area contributed by atoms with Gasteiger partial charge in [0.25, 0.3) is 0 Å². The molecule has 2 rings (SSSR count). The molecule has 2 N–H and O–H groups in total. The molecule has 104 valence electrons. The maximum absolute atomic E-state index is 5.24. The molecule has 0 fully saturated rings. The van der Waals surface area contributed by atoms with Gasteiger partial charge in [0.05, 0.1) is 0 Å². The van der Waals surface area contributed by atoms with Crippen LogP contribution in [0.4, 0.5) is 10.8 Å². The third-order valence-corrected chi connectivity index (χ3v) is 4.57. The molecule has 1 aromatic heterocycles. The molecule has 2 aromatic rings. The van der Waals surface area contributed by atoms with E-state index in [1.165, 1.54) is 26.9 Å². The molecule has 0 spiro atoms. The maximum Gasteiger partial charge on any atom is 0.209 e. The number of nitrogens with one attached hydrogen (secondary N) is 2. The van der Waals surface area contributed by atoms with Crippen LogP contribution in [0.15, 0.2) is 42.1 Å². The van der Waals surface area contributed by atoms with Gasteiger partial charge in [-0.05, 0) is 59.1 Å². The normalized spacial score (nSPS) is 10.1. The minimum absolute atomic E-state index is 0.502. The Morgan fingerprint density at radius 3 is 2.85 bits per heavy atom. The number of halogens is 1. The van der Waals surface area contributed by atoms with Crippen molar-refractivity contribution in [1.82, 2.24) is 9.36 Å². The number of thioether (sulfide) groups is 1. The van der Waals surface area contributed by atoms with E-state index in [-0.39, 0.29) is 0 Å². The molecule has 0 amide bonds. The molecule has 0 radical (unpaired) electrons. The number of thiocarbonyl (C=S) groups is 1. The molecule has 0 saturated heterocycles. The second-order valence-corrected chi connectivity index (χ2v) is 6.96. The number of benzene rings is 1. The number of aromatic nitrogens is 2. The molecular weight excluding hydrogens is 423 g/mol. The molecule has 8 heteroatoms. The molecule has 0 bridgehead atoms. The van der Waals surface area contributed by atoms with Crippen LogP contribution in [0, 0.1) is 3.57 Å². The lowest BCUT2D eigenvalue weighted by Crippen LogP contribution is -2.18. The van der Waals surface area contributed by atoms with Crippen LogP contribution in [0.5, 0.6) is 0 Å². The van der Waals surface area contributed by atoms with Crippen LogP contribution in [-0.2, 0) is 0 Å². The summed E-state index contributed by atoms with van der Waals surface area (Å²) >= 11 is 10.3. The Morgan fingerprint density at radius 1 is 1.40 bits per heavy atom. The predicted molar refractivity (Wildman–Crippen MR) is 99.8 cm³/mol. The van der Waals surface area contributed by atoms with E-state index in [4.69, 9.17) is 12.2 Å². The highest BCUT2D eigenvalue weighted by molar-refractivity contribution is 14.1. The van der Waals surface area contributed by atoms with Gasteiger partial charge in [-0.25, -0.2) is 0 Å². The molecule has 0 unspecified atom stereocenters. The van der Waals surface area contributed by atoms with Gasteiger partial charge in [-0.2, -0.15) is 9.36 Å². The van der Waals surface area contributed by atoms with Gasteiger partial charge in [-0.15, -0.1) is 6.58 Å². The van der Waals surface area contributed by atoms with Crippen molar-refractivity contribution >= 4 is 74.0 Å². The van der Waals surface area contributed by atoms with E-state index in [1.54, 1.807) is 0 Å². The van der Waals surface area contributed by atoms with Crippen LogP contribution in [-0.4, -0.2) is 20.2 Å². The Bertz CT molecular complexity index is 597. The van der Waals surface area contributed by atoms with E-state index >= 15 is 0 Å². The van der Waals surface area contributed by atoms with Crippen molar-refractivity contribution in [2.45, 2.75) is 5.16 Å². The van der Waals surface area contributed by atoms with Gasteiger partial charge in [0.15, 0.2) is 5.11 Å². The van der Waals surface area contributed by atoms with Gasteiger partial charge < -0.3 is 10.6 Å². The number of anilines is 2. The van der Waals surface area contributed by atoms with Crippen LogP contribution in [0.25, 0.3) is 0 Å². The third-order valence-electron chi connectivity index (χ3n) is 2.06. The summed E-state index contributed by atoms with van der Waals surface area (Å²) in [5.74, 6) is 0.793. The van der Waals surface area contributed by atoms with Crippen molar-refractivity contribution in [3.63, 3.8) is 0 Å². The van der Waals surface area contributed by atoms with Gasteiger partial charge in [0.1, 0.15) is 0 Å². The molecule has 0 aliphatic rings. The van der Waals surface area contributed by atoms with Gasteiger partial charge in [0.2, 0.25) is 10.3 Å². The van der Waals surface area contributed by atoms with Crippen molar-refractivity contribution in [3.05, 3.63) is 40.5 Å². The summed E-state index contributed by atoms with van der Waals surface area (Å²) in [5.41, 5.74) is 0.939. The topological polar surface area (TPSA) is 49.8 Å². The Hall–Kier alpha value is -0.710. The van der Waals surface area contributed by atoms with E-state index in [0.717, 1.165) is 16.6 Å². The molecule has 0 saturated carbocycles. The van der Waals surface area contributed by atoms with Crippen LogP contribution >= 0.6 is 58.1 Å². The van der Waals surface area contributed by atoms with E-state index in [1.807, 2.05) is 30.3 Å². The molecule has 1 aromatic carbocycles. The Labute approximate surface area is 144 Å². The largest absolute Gasteiger partial charge is 0.332 e. The first kappa shape index (κ1) is 15.7. The first-order valence-electron chi connectivity index (χ1n) is 5.58. The van der Waals surface area contributed by atoms with Gasteiger partial charge in [0, 0.05) is 26.5 Å². The van der Waals surface area contributed by atoms with Gasteiger partial charge >= 0.3 is 0 Å². The smallest absolute Gasteiger partial charge is 0.209 e. The van der Waals surface area contributed by atoms with E-state index in [0.29, 0.717) is 10.2 Å². The fourth-order valence-corrected chi connectivity index (χ4v) is 3.17. The minimum Gasteiger partial charge on any atom is -0.332 e. The van der Waals surface area contributed by atoms with Crippen LogP contribution in [0.3, 0.4) is 0 Å². The Balaban J connectivity index is 1.89. The number of hydrogen-bond acceptors (Lipinski definition) is 5. The van der Waals surface area contributed by atoms with Gasteiger partial charge in [-0.3, -0.25) is 0 Å². The van der Waals surface area contributed by atoms with E-state index in [9.17, 15) is 0 Å². The lowest BCUT2D eigenvalue weighted by molar-refractivity contribution is 1.08. The summed E-state index contributed by atoms with van der Waals surface area (Å²) in [6.07, 6.45) is 1.82. The molecule has 0 aliphatic heterocycles. The predicted octanol–water partition coefficient (Wildman–Crippen LogP) is 4.23. The summed E-state index contributed by atoms with van der Waals surface area (Å²) in [6, 6.07) is 7.98. The fraction of sp³-hybridized carbons (Fsp3) is 0.0833. The third kappa shape index (κ3) is 5.00. The van der Waals surface area contributed by atoms with Crippen molar-refractivity contribution in [3.8, 4) is 0 Å². The SMILES string of the molecule is C=CCSc1nsc(NC(=S)Nc2ccc(I)cc2)n1. The Morgan fingerprint density at radius 2 is 2.15 bits per heavy atom. The quantitative estimate of drug-likeness (QED) is 0.318. The second-order valence-electron chi connectivity index (χ2n) is 3.57. The number of hydrogen-bond donors (Lipinski definition) is 2. The number of nitrogens with zero attached hydrogens (tertiary/aromatic N) is 2. The second kappa shape index (κ2) is 7.91. The average molecular weight is 434 g/mol. The summed E-state index contributed by atoms with van der Waals surface area (Å²) in [4.78, 5) is 4.33. The molecule has 0 aliphatic carbocycles. The van der Waals surface area contributed by atoms with Gasteiger partial charge in [-0.1, -0.05) is 17.8 Å². The zero-order valence-corrected chi connectivity index (χ0v) is 14.9. The first-order chi connectivity index (χ1) is 9.67. The highest BCUT2D eigenvalue weighted by Gasteiger charge is 2.05. The monoisotopic (exact) mass is 434 g/mol.